The predicted octanol–water partition coefficient (Wildman–Crippen LogP) is 3.68. The summed E-state index contributed by atoms with van der Waals surface area (Å²) in [5.41, 5.74) is 5.12. The fraction of sp³-hybridized carbons (Fsp3) is 0.370. The molecule has 36 heavy (non-hydrogen) atoms. The highest BCUT2D eigenvalue weighted by Gasteiger charge is 2.25. The minimum atomic E-state index is 0.0985. The van der Waals surface area contributed by atoms with E-state index in [1.54, 1.807) is 11.3 Å². The Balaban J connectivity index is 1.39. The van der Waals surface area contributed by atoms with Crippen LogP contribution in [0.15, 0.2) is 48.7 Å². The Morgan fingerprint density at radius 3 is 2.58 bits per heavy atom. The quantitative estimate of drug-likeness (QED) is 0.424. The van der Waals surface area contributed by atoms with Crippen molar-refractivity contribution in [3.8, 4) is 17.1 Å². The fourth-order valence-electron chi connectivity index (χ4n) is 4.83. The van der Waals surface area contributed by atoms with Crippen LogP contribution in [0.5, 0.6) is 0 Å². The van der Waals surface area contributed by atoms with Gasteiger partial charge in [0.1, 0.15) is 0 Å². The maximum absolute atomic E-state index is 13.3. The Labute approximate surface area is 214 Å². The van der Waals surface area contributed by atoms with Crippen molar-refractivity contribution in [1.29, 1.82) is 0 Å². The highest BCUT2D eigenvalue weighted by atomic mass is 32.1. The minimum Gasteiger partial charge on any atom is -0.378 e. The summed E-state index contributed by atoms with van der Waals surface area (Å²) in [6.45, 7) is 8.41. The molecule has 0 aliphatic carbocycles. The smallest absolute Gasteiger partial charge is 0.264 e. The van der Waals surface area contributed by atoms with Crippen molar-refractivity contribution in [2.75, 3.05) is 64.4 Å². The third kappa shape index (κ3) is 4.50. The number of hydrogen-bond acceptors (Lipinski definition) is 7. The van der Waals surface area contributed by atoms with Crippen LogP contribution in [0.2, 0.25) is 0 Å². The van der Waals surface area contributed by atoms with Gasteiger partial charge in [0.2, 0.25) is 0 Å². The molecule has 0 bridgehead atoms. The second-order valence-corrected chi connectivity index (χ2v) is 10.6. The second kappa shape index (κ2) is 9.65. The van der Waals surface area contributed by atoms with Crippen molar-refractivity contribution in [3.05, 3.63) is 59.1 Å². The zero-order valence-corrected chi connectivity index (χ0v) is 21.5. The van der Waals surface area contributed by atoms with E-state index in [1.807, 2.05) is 27.9 Å². The van der Waals surface area contributed by atoms with E-state index in [0.29, 0.717) is 13.2 Å². The molecule has 0 N–H and O–H groups in total. The summed E-state index contributed by atoms with van der Waals surface area (Å²) in [7, 11) is 2.10. The summed E-state index contributed by atoms with van der Waals surface area (Å²) in [5.74, 6) is 0.848. The standard InChI is InChI=1S/C27H30N6O2S/c1-19-4-3-5-20(16-19)21-6-7-33(29-21)25-18-23(31-12-14-35-15-13-31)26-22(28-25)17-24(36-26)27(34)32-10-8-30(2)9-11-32/h3-7,16-18H,8-15H2,1-2H3. The number of benzene rings is 1. The highest BCUT2D eigenvalue weighted by molar-refractivity contribution is 7.21. The number of morpholine rings is 1. The monoisotopic (exact) mass is 502 g/mol. The molecule has 6 rings (SSSR count). The van der Waals surface area contributed by atoms with Crippen molar-refractivity contribution in [2.45, 2.75) is 6.92 Å². The van der Waals surface area contributed by atoms with Gasteiger partial charge >= 0.3 is 0 Å². The number of fused-ring (bicyclic) bond motifs is 1. The molecule has 8 nitrogen and oxygen atoms in total. The third-order valence-electron chi connectivity index (χ3n) is 6.94. The van der Waals surface area contributed by atoms with E-state index in [9.17, 15) is 4.79 Å². The Morgan fingerprint density at radius 2 is 1.81 bits per heavy atom. The molecule has 3 aromatic heterocycles. The van der Waals surface area contributed by atoms with E-state index in [1.165, 1.54) is 5.56 Å². The van der Waals surface area contributed by atoms with Crippen LogP contribution in [0.3, 0.4) is 0 Å². The molecule has 1 aromatic carbocycles. The molecule has 0 spiro atoms. The predicted molar refractivity (Wildman–Crippen MR) is 143 cm³/mol. The number of ether oxygens (including phenoxy) is 1. The Bertz CT molecular complexity index is 1400. The molecule has 0 atom stereocenters. The lowest BCUT2D eigenvalue weighted by atomic mass is 10.1. The number of hydrogen-bond donors (Lipinski definition) is 0. The molecule has 4 aromatic rings. The lowest BCUT2D eigenvalue weighted by Gasteiger charge is -2.32. The van der Waals surface area contributed by atoms with Crippen molar-refractivity contribution in [1.82, 2.24) is 24.6 Å². The van der Waals surface area contributed by atoms with Gasteiger partial charge in [0.15, 0.2) is 5.82 Å². The van der Waals surface area contributed by atoms with Crippen LogP contribution in [-0.4, -0.2) is 90.0 Å². The van der Waals surface area contributed by atoms with Gasteiger partial charge < -0.3 is 19.4 Å². The van der Waals surface area contributed by atoms with E-state index in [-0.39, 0.29) is 5.91 Å². The first kappa shape index (κ1) is 23.1. The normalized spacial score (nSPS) is 17.2. The Hall–Kier alpha value is -3.27. The van der Waals surface area contributed by atoms with E-state index in [4.69, 9.17) is 14.8 Å². The lowest BCUT2D eigenvalue weighted by molar-refractivity contribution is 0.0669. The van der Waals surface area contributed by atoms with E-state index < -0.39 is 0 Å². The van der Waals surface area contributed by atoms with Gasteiger partial charge in [-0.2, -0.15) is 5.10 Å². The number of rotatable bonds is 4. The molecule has 2 aliphatic heterocycles. The van der Waals surface area contributed by atoms with Gasteiger partial charge in [-0.25, -0.2) is 9.67 Å². The molecule has 2 aliphatic rings. The van der Waals surface area contributed by atoms with Gasteiger partial charge in [-0.05, 0) is 32.2 Å². The summed E-state index contributed by atoms with van der Waals surface area (Å²) in [5, 5.41) is 4.84. The average molecular weight is 503 g/mol. The molecule has 5 heterocycles. The maximum Gasteiger partial charge on any atom is 0.264 e. The number of pyridine rings is 1. The number of nitrogens with zero attached hydrogens (tertiary/aromatic N) is 6. The van der Waals surface area contributed by atoms with Gasteiger partial charge in [0.25, 0.3) is 5.91 Å². The van der Waals surface area contributed by atoms with Crippen LogP contribution in [0.25, 0.3) is 27.3 Å². The summed E-state index contributed by atoms with van der Waals surface area (Å²) >= 11 is 1.55. The lowest BCUT2D eigenvalue weighted by Crippen LogP contribution is -2.46. The molecule has 2 fully saturated rings. The molecule has 0 saturated carbocycles. The largest absolute Gasteiger partial charge is 0.378 e. The van der Waals surface area contributed by atoms with Crippen LogP contribution >= 0.6 is 11.3 Å². The Morgan fingerprint density at radius 1 is 1.00 bits per heavy atom. The average Bonchev–Trinajstić information content (AvgIpc) is 3.57. The van der Waals surface area contributed by atoms with E-state index in [2.05, 4.69) is 54.1 Å². The van der Waals surface area contributed by atoms with Crippen LogP contribution < -0.4 is 4.90 Å². The first-order valence-corrected chi connectivity index (χ1v) is 13.2. The molecule has 186 valence electrons. The van der Waals surface area contributed by atoms with Crippen molar-refractivity contribution >= 4 is 33.1 Å². The summed E-state index contributed by atoms with van der Waals surface area (Å²) in [6.07, 6.45) is 1.96. The van der Waals surface area contributed by atoms with Crippen LogP contribution in [0.1, 0.15) is 15.2 Å². The number of amides is 1. The van der Waals surface area contributed by atoms with Crippen molar-refractivity contribution in [2.24, 2.45) is 0 Å². The highest BCUT2D eigenvalue weighted by Crippen LogP contribution is 2.36. The second-order valence-electron chi connectivity index (χ2n) is 9.53. The van der Waals surface area contributed by atoms with Gasteiger partial charge in [0.05, 0.1) is 39.7 Å². The summed E-state index contributed by atoms with van der Waals surface area (Å²) < 4.78 is 8.48. The van der Waals surface area contributed by atoms with Gasteiger partial charge in [-0.1, -0.05) is 23.8 Å². The van der Waals surface area contributed by atoms with Crippen LogP contribution in [0.4, 0.5) is 5.69 Å². The molecular formula is C27H30N6O2S. The third-order valence-corrected chi connectivity index (χ3v) is 8.07. The van der Waals surface area contributed by atoms with Crippen LogP contribution in [-0.2, 0) is 4.74 Å². The summed E-state index contributed by atoms with van der Waals surface area (Å²) in [6, 6.07) is 14.4. The number of thiophene rings is 1. The number of piperazine rings is 1. The maximum atomic E-state index is 13.3. The van der Waals surface area contributed by atoms with E-state index >= 15 is 0 Å². The Kier molecular flexibility index (Phi) is 6.20. The van der Waals surface area contributed by atoms with Gasteiger partial charge in [-0.3, -0.25) is 4.79 Å². The summed E-state index contributed by atoms with van der Waals surface area (Å²) in [4.78, 5) is 25.6. The van der Waals surface area contributed by atoms with Crippen molar-refractivity contribution in [3.63, 3.8) is 0 Å². The van der Waals surface area contributed by atoms with Crippen molar-refractivity contribution < 1.29 is 9.53 Å². The molecule has 0 unspecified atom stereocenters. The number of likely N-dealkylation sites (N-methyl/N-ethyl adjacent to an activating group) is 1. The number of carbonyl (C=O) groups is 1. The number of aromatic nitrogens is 3. The molecular weight excluding hydrogens is 472 g/mol. The first-order valence-electron chi connectivity index (χ1n) is 12.4. The first-order chi connectivity index (χ1) is 17.5. The fourth-order valence-corrected chi connectivity index (χ4v) is 5.94. The topological polar surface area (TPSA) is 66.7 Å². The number of aryl methyl sites for hydroxylation is 1. The van der Waals surface area contributed by atoms with Gasteiger partial charge in [-0.15, -0.1) is 11.3 Å². The molecule has 0 radical (unpaired) electrons. The zero-order chi connectivity index (χ0) is 24.6. The molecule has 1 amide bonds. The molecule has 9 heteroatoms. The zero-order valence-electron chi connectivity index (χ0n) is 20.7. The number of anilines is 1. The van der Waals surface area contributed by atoms with Crippen LogP contribution in [0, 0.1) is 6.92 Å². The SMILES string of the molecule is Cc1cccc(-c2ccn(-c3cc(N4CCOCC4)c4sc(C(=O)N5CCN(C)CC5)cc4n3)n2)c1. The molecule has 2 saturated heterocycles. The van der Waals surface area contributed by atoms with E-state index in [0.717, 1.165) is 77.1 Å². The van der Waals surface area contributed by atoms with Gasteiger partial charge in [0, 0.05) is 57.1 Å². The minimum absolute atomic E-state index is 0.0985. The number of carbonyl (C=O) groups excluding carboxylic acids is 1.